The van der Waals surface area contributed by atoms with Gasteiger partial charge in [-0.25, -0.2) is 0 Å². The Hall–Kier alpha value is -1.29. The van der Waals surface area contributed by atoms with Crippen LogP contribution in [0, 0.1) is 0 Å². The van der Waals surface area contributed by atoms with E-state index in [0.29, 0.717) is 18.3 Å². The van der Waals surface area contributed by atoms with E-state index in [1.165, 1.54) is 0 Å². The van der Waals surface area contributed by atoms with Crippen molar-refractivity contribution < 1.29 is 4.74 Å². The van der Waals surface area contributed by atoms with E-state index in [1.54, 1.807) is 0 Å². The van der Waals surface area contributed by atoms with Gasteiger partial charge in [-0.05, 0) is 24.4 Å². The Morgan fingerprint density at radius 2 is 2.08 bits per heavy atom. The lowest BCUT2D eigenvalue weighted by molar-refractivity contribution is 0.322. The highest BCUT2D eigenvalue weighted by atomic mass is 32.1. The Morgan fingerprint density at radius 1 is 1.38 bits per heavy atom. The number of nitrogens with one attached hydrogen (secondary N) is 1. The van der Waals surface area contributed by atoms with Crippen LogP contribution in [-0.2, 0) is 0 Å². The van der Waals surface area contributed by atoms with Crippen molar-refractivity contribution in [2.75, 3.05) is 13.2 Å². The second kappa shape index (κ2) is 5.37. The molecule has 0 fully saturated rings. The van der Waals surface area contributed by atoms with E-state index in [2.05, 4.69) is 17.5 Å². The molecule has 0 unspecified atom stereocenters. The van der Waals surface area contributed by atoms with Crippen LogP contribution in [-0.4, -0.2) is 18.3 Å². The number of para-hydroxylation sites is 1. The summed E-state index contributed by atoms with van der Waals surface area (Å²) in [5.41, 5.74) is 5.24. The van der Waals surface area contributed by atoms with E-state index in [-0.39, 0.29) is 0 Å². The fourth-order valence-corrected chi connectivity index (χ4v) is 0.962. The van der Waals surface area contributed by atoms with E-state index < -0.39 is 0 Å². The molecule has 0 saturated heterocycles. The van der Waals surface area contributed by atoms with Gasteiger partial charge in [-0.1, -0.05) is 18.2 Å². The molecule has 0 amide bonds. The third-order valence-corrected chi connectivity index (χ3v) is 1.56. The summed E-state index contributed by atoms with van der Waals surface area (Å²) in [6, 6.07) is 9.61. The van der Waals surface area contributed by atoms with E-state index in [9.17, 15) is 0 Å². The number of rotatable bonds is 4. The maximum atomic E-state index is 5.38. The molecule has 1 aromatic carbocycles. The molecule has 0 aliphatic carbocycles. The first-order chi connectivity index (χ1) is 6.29. The minimum Gasteiger partial charge on any atom is -0.492 e. The van der Waals surface area contributed by atoms with Crippen LogP contribution in [0.4, 0.5) is 0 Å². The third-order valence-electron chi connectivity index (χ3n) is 1.41. The van der Waals surface area contributed by atoms with Crippen LogP contribution in [0.15, 0.2) is 30.3 Å². The van der Waals surface area contributed by atoms with E-state index in [4.69, 9.17) is 10.5 Å². The van der Waals surface area contributed by atoms with Crippen LogP contribution in [0.3, 0.4) is 0 Å². The van der Waals surface area contributed by atoms with E-state index in [1.807, 2.05) is 30.3 Å². The smallest absolute Gasteiger partial charge is 0.163 e. The molecule has 0 radical (unpaired) electrons. The van der Waals surface area contributed by atoms with Crippen molar-refractivity contribution in [1.29, 1.82) is 0 Å². The monoisotopic (exact) mass is 196 g/mol. The average molecular weight is 196 g/mol. The van der Waals surface area contributed by atoms with Gasteiger partial charge in [-0.2, -0.15) is 0 Å². The summed E-state index contributed by atoms with van der Waals surface area (Å²) in [6.07, 6.45) is 0. The predicted molar refractivity (Wildman–Crippen MR) is 56.7 cm³/mol. The molecule has 0 atom stereocenters. The first-order valence-corrected chi connectivity index (χ1v) is 4.41. The molecular weight excluding hydrogens is 184 g/mol. The standard InChI is InChI=1S/C9H12N2OS/c10-9(13)11-6-7-12-8-4-2-1-3-5-8/h1-5H,6-7H2,(H3,10,11,13). The molecule has 13 heavy (non-hydrogen) atoms. The van der Waals surface area contributed by atoms with Gasteiger partial charge in [0.25, 0.3) is 0 Å². The molecule has 4 heteroatoms. The van der Waals surface area contributed by atoms with Crippen molar-refractivity contribution >= 4 is 17.3 Å². The van der Waals surface area contributed by atoms with Gasteiger partial charge >= 0.3 is 0 Å². The Morgan fingerprint density at radius 3 is 2.69 bits per heavy atom. The number of ether oxygens (including phenoxy) is 1. The van der Waals surface area contributed by atoms with Gasteiger partial charge in [0.2, 0.25) is 0 Å². The molecule has 70 valence electrons. The van der Waals surface area contributed by atoms with Gasteiger partial charge in [0, 0.05) is 0 Å². The number of benzene rings is 1. The van der Waals surface area contributed by atoms with Crippen molar-refractivity contribution in [3.63, 3.8) is 0 Å². The highest BCUT2D eigenvalue weighted by Gasteiger charge is 1.90. The fourth-order valence-electron chi connectivity index (χ4n) is 0.860. The van der Waals surface area contributed by atoms with Gasteiger partial charge in [-0.15, -0.1) is 0 Å². The second-order valence-electron chi connectivity index (χ2n) is 2.45. The van der Waals surface area contributed by atoms with Crippen LogP contribution >= 0.6 is 12.2 Å². The first-order valence-electron chi connectivity index (χ1n) is 4.00. The number of hydrogen-bond acceptors (Lipinski definition) is 2. The van der Waals surface area contributed by atoms with Gasteiger partial charge in [-0.3, -0.25) is 0 Å². The topological polar surface area (TPSA) is 47.3 Å². The fraction of sp³-hybridized carbons (Fsp3) is 0.222. The molecular formula is C9H12N2OS. The normalized spacial score (nSPS) is 9.23. The molecule has 1 rings (SSSR count). The average Bonchev–Trinajstić information content (AvgIpc) is 2.14. The van der Waals surface area contributed by atoms with E-state index >= 15 is 0 Å². The molecule has 0 aliphatic rings. The van der Waals surface area contributed by atoms with Crippen molar-refractivity contribution in [2.45, 2.75) is 0 Å². The maximum Gasteiger partial charge on any atom is 0.163 e. The summed E-state index contributed by atoms with van der Waals surface area (Å²) in [6.45, 7) is 1.19. The summed E-state index contributed by atoms with van der Waals surface area (Å²) >= 11 is 4.64. The SMILES string of the molecule is NC(=S)NCCOc1ccccc1. The van der Waals surface area contributed by atoms with Gasteiger partial charge in [0.15, 0.2) is 5.11 Å². The lowest BCUT2D eigenvalue weighted by Crippen LogP contribution is -2.32. The minimum absolute atomic E-state index is 0.302. The summed E-state index contributed by atoms with van der Waals surface area (Å²) < 4.78 is 5.38. The minimum atomic E-state index is 0.302. The molecule has 0 aliphatic heterocycles. The van der Waals surface area contributed by atoms with Crippen molar-refractivity contribution in [3.05, 3.63) is 30.3 Å². The summed E-state index contributed by atoms with van der Waals surface area (Å²) in [4.78, 5) is 0. The van der Waals surface area contributed by atoms with Crippen LogP contribution in [0.2, 0.25) is 0 Å². The maximum absolute atomic E-state index is 5.38. The van der Waals surface area contributed by atoms with Gasteiger partial charge in [0.05, 0.1) is 6.54 Å². The molecule has 0 spiro atoms. The lowest BCUT2D eigenvalue weighted by atomic mass is 10.3. The zero-order chi connectivity index (χ0) is 9.52. The number of thiocarbonyl (C=S) groups is 1. The molecule has 1 aromatic rings. The van der Waals surface area contributed by atoms with Crippen molar-refractivity contribution in [2.24, 2.45) is 5.73 Å². The molecule has 0 saturated carbocycles. The van der Waals surface area contributed by atoms with Crippen molar-refractivity contribution in [3.8, 4) is 5.75 Å². The van der Waals surface area contributed by atoms with Crippen LogP contribution in [0.5, 0.6) is 5.75 Å². The zero-order valence-corrected chi connectivity index (χ0v) is 8.01. The highest BCUT2D eigenvalue weighted by Crippen LogP contribution is 2.07. The number of nitrogens with two attached hydrogens (primary N) is 1. The summed E-state index contributed by atoms with van der Waals surface area (Å²) in [5, 5.41) is 3.10. The largest absolute Gasteiger partial charge is 0.492 e. The van der Waals surface area contributed by atoms with Crippen LogP contribution < -0.4 is 15.8 Å². The Bertz CT molecular complexity index is 264. The molecule has 3 nitrogen and oxygen atoms in total. The quantitative estimate of drug-likeness (QED) is 0.555. The Labute approximate surface area is 82.9 Å². The molecule has 0 aromatic heterocycles. The van der Waals surface area contributed by atoms with Crippen LogP contribution in [0.25, 0.3) is 0 Å². The second-order valence-corrected chi connectivity index (χ2v) is 2.89. The third kappa shape index (κ3) is 4.32. The van der Waals surface area contributed by atoms with E-state index in [0.717, 1.165) is 5.75 Å². The number of hydrogen-bond donors (Lipinski definition) is 2. The zero-order valence-electron chi connectivity index (χ0n) is 7.19. The lowest BCUT2D eigenvalue weighted by Gasteiger charge is -2.06. The predicted octanol–water partition coefficient (Wildman–Crippen LogP) is 0.899. The van der Waals surface area contributed by atoms with Crippen molar-refractivity contribution in [1.82, 2.24) is 5.32 Å². The van der Waals surface area contributed by atoms with Gasteiger partial charge < -0.3 is 15.8 Å². The summed E-state index contributed by atoms with van der Waals surface area (Å²) in [5.74, 6) is 0.854. The molecule has 3 N–H and O–H groups in total. The summed E-state index contributed by atoms with van der Waals surface area (Å²) in [7, 11) is 0. The molecule has 0 heterocycles. The van der Waals surface area contributed by atoms with Gasteiger partial charge in [0.1, 0.15) is 12.4 Å². The Kier molecular flexibility index (Phi) is 4.05. The first kappa shape index (κ1) is 9.80. The highest BCUT2D eigenvalue weighted by molar-refractivity contribution is 7.80. The van der Waals surface area contributed by atoms with Crippen LogP contribution in [0.1, 0.15) is 0 Å². The Balaban J connectivity index is 2.17. The molecule has 0 bridgehead atoms.